The number of nitrogens with two attached hydrogens (primary N) is 1. The fourth-order valence-electron chi connectivity index (χ4n) is 2.73. The summed E-state index contributed by atoms with van der Waals surface area (Å²) >= 11 is 0. The molecule has 0 spiro atoms. The molecule has 0 saturated carbocycles. The van der Waals surface area contributed by atoms with E-state index in [4.69, 9.17) is 5.73 Å². The Hall–Kier alpha value is -1.55. The smallest absolute Gasteiger partial charge is 0.203 e. The molecule has 3 N–H and O–H groups in total. The Morgan fingerprint density at radius 3 is 2.72 bits per heavy atom. The van der Waals surface area contributed by atoms with Crippen molar-refractivity contribution < 1.29 is 0 Å². The number of benzene rings is 1. The van der Waals surface area contributed by atoms with Gasteiger partial charge in [-0.1, -0.05) is 12.1 Å². The van der Waals surface area contributed by atoms with Gasteiger partial charge in [-0.3, -0.25) is 0 Å². The van der Waals surface area contributed by atoms with Crippen LogP contribution in [0.2, 0.25) is 0 Å². The molecule has 4 nitrogen and oxygen atoms in total. The van der Waals surface area contributed by atoms with Crippen LogP contribution in [0.4, 0.5) is 5.95 Å². The molecule has 1 saturated heterocycles. The first-order chi connectivity index (χ1) is 8.74. The second kappa shape index (κ2) is 4.61. The molecule has 1 fully saturated rings. The largest absolute Gasteiger partial charge is 0.342 e. The van der Waals surface area contributed by atoms with Gasteiger partial charge in [-0.2, -0.15) is 0 Å². The lowest BCUT2D eigenvalue weighted by Gasteiger charge is -2.33. The van der Waals surface area contributed by atoms with Gasteiger partial charge in [-0.15, -0.1) is 0 Å². The number of nitrogens with one attached hydrogen (secondary N) is 1. The summed E-state index contributed by atoms with van der Waals surface area (Å²) < 4.78 is 0. The number of nitrogens with zero attached hydrogens (tertiary/aromatic N) is 2. The zero-order valence-electron chi connectivity index (χ0n) is 10.8. The molecule has 1 aromatic heterocycles. The number of hydrogen-bond acceptors (Lipinski definition) is 3. The van der Waals surface area contributed by atoms with E-state index in [0.717, 1.165) is 42.9 Å². The van der Waals surface area contributed by atoms with Crippen LogP contribution in [0.3, 0.4) is 0 Å². The zero-order valence-corrected chi connectivity index (χ0v) is 10.8. The Bertz CT molecular complexity index is 490. The number of anilines is 1. The third-order valence-electron chi connectivity index (χ3n) is 3.96. The topological polar surface area (TPSA) is 57.9 Å². The highest BCUT2D eigenvalue weighted by atomic mass is 15.3. The van der Waals surface area contributed by atoms with Crippen molar-refractivity contribution in [3.8, 4) is 0 Å². The average Bonchev–Trinajstić information content (AvgIpc) is 2.82. The lowest BCUT2D eigenvalue weighted by molar-refractivity contribution is 0.353. The van der Waals surface area contributed by atoms with Crippen LogP contribution in [0.15, 0.2) is 24.3 Å². The second-order valence-corrected chi connectivity index (χ2v) is 5.26. The molecular formula is C14H20N4. The first kappa shape index (κ1) is 11.5. The number of H-pyrrole nitrogens is 1. The van der Waals surface area contributed by atoms with E-state index in [0.29, 0.717) is 12.0 Å². The third-order valence-corrected chi connectivity index (χ3v) is 3.96. The minimum absolute atomic E-state index is 0.308. The summed E-state index contributed by atoms with van der Waals surface area (Å²) in [5.74, 6) is 1.66. The molecule has 18 heavy (non-hydrogen) atoms. The zero-order chi connectivity index (χ0) is 12.5. The summed E-state index contributed by atoms with van der Waals surface area (Å²) in [5, 5.41) is 0. The van der Waals surface area contributed by atoms with E-state index in [9.17, 15) is 0 Å². The molecule has 0 amide bonds. The maximum absolute atomic E-state index is 5.97. The second-order valence-electron chi connectivity index (χ2n) is 5.26. The summed E-state index contributed by atoms with van der Waals surface area (Å²) in [5.41, 5.74) is 8.13. The van der Waals surface area contributed by atoms with Crippen molar-refractivity contribution in [2.45, 2.75) is 25.8 Å². The SMILES string of the molecule is CC(N)C1CCN(c2nc3ccccc3[nH]2)CC1. The first-order valence-corrected chi connectivity index (χ1v) is 6.69. The van der Waals surface area contributed by atoms with Gasteiger partial charge in [0.2, 0.25) is 5.95 Å². The van der Waals surface area contributed by atoms with Crippen LogP contribution in [0, 0.1) is 5.92 Å². The lowest BCUT2D eigenvalue weighted by Crippen LogP contribution is -2.40. The van der Waals surface area contributed by atoms with Crippen LogP contribution in [0.25, 0.3) is 11.0 Å². The molecule has 1 aliphatic rings. The van der Waals surface area contributed by atoms with Crippen molar-refractivity contribution in [3.63, 3.8) is 0 Å². The first-order valence-electron chi connectivity index (χ1n) is 6.69. The summed E-state index contributed by atoms with van der Waals surface area (Å²) in [6.45, 7) is 4.21. The molecule has 1 aromatic carbocycles. The van der Waals surface area contributed by atoms with Gasteiger partial charge in [-0.25, -0.2) is 4.98 Å². The molecule has 2 heterocycles. The maximum Gasteiger partial charge on any atom is 0.203 e. The molecule has 1 atom stereocenters. The molecule has 2 aromatic rings. The monoisotopic (exact) mass is 244 g/mol. The van der Waals surface area contributed by atoms with Crippen LogP contribution in [-0.4, -0.2) is 29.1 Å². The Morgan fingerprint density at radius 1 is 1.33 bits per heavy atom. The highest BCUT2D eigenvalue weighted by Crippen LogP contribution is 2.24. The van der Waals surface area contributed by atoms with Crippen LogP contribution >= 0.6 is 0 Å². The highest BCUT2D eigenvalue weighted by Gasteiger charge is 2.23. The van der Waals surface area contributed by atoms with Crippen LogP contribution in [0.1, 0.15) is 19.8 Å². The van der Waals surface area contributed by atoms with Gasteiger partial charge in [0.25, 0.3) is 0 Å². The molecule has 1 unspecified atom stereocenters. The van der Waals surface area contributed by atoms with Crippen LogP contribution < -0.4 is 10.6 Å². The summed E-state index contributed by atoms with van der Waals surface area (Å²) in [6, 6.07) is 8.48. The number of imidazole rings is 1. The molecular weight excluding hydrogens is 224 g/mol. The number of para-hydroxylation sites is 2. The molecule has 0 radical (unpaired) electrons. The van der Waals surface area contributed by atoms with Gasteiger partial charge < -0.3 is 15.6 Å². The maximum atomic E-state index is 5.97. The molecule has 1 aliphatic heterocycles. The van der Waals surface area contributed by atoms with E-state index < -0.39 is 0 Å². The van der Waals surface area contributed by atoms with Crippen molar-refractivity contribution in [1.82, 2.24) is 9.97 Å². The van der Waals surface area contributed by atoms with E-state index in [1.54, 1.807) is 0 Å². The fraction of sp³-hybridized carbons (Fsp3) is 0.500. The van der Waals surface area contributed by atoms with Gasteiger partial charge in [0.1, 0.15) is 0 Å². The van der Waals surface area contributed by atoms with Crippen LogP contribution in [0.5, 0.6) is 0 Å². The van der Waals surface area contributed by atoms with Crippen molar-refractivity contribution >= 4 is 17.0 Å². The van der Waals surface area contributed by atoms with Gasteiger partial charge >= 0.3 is 0 Å². The number of fused-ring (bicyclic) bond motifs is 1. The quantitative estimate of drug-likeness (QED) is 0.850. The predicted octanol–water partition coefficient (Wildman–Crippen LogP) is 2.13. The summed E-state index contributed by atoms with van der Waals surface area (Å²) in [4.78, 5) is 10.4. The molecule has 3 rings (SSSR count). The van der Waals surface area contributed by atoms with Gasteiger partial charge in [-0.05, 0) is 37.8 Å². The Kier molecular flexibility index (Phi) is 2.96. The van der Waals surface area contributed by atoms with E-state index in [-0.39, 0.29) is 0 Å². The minimum atomic E-state index is 0.308. The third kappa shape index (κ3) is 2.08. The minimum Gasteiger partial charge on any atom is -0.342 e. The van der Waals surface area contributed by atoms with Crippen LogP contribution in [-0.2, 0) is 0 Å². The van der Waals surface area contributed by atoms with Gasteiger partial charge in [0.15, 0.2) is 0 Å². The Balaban J connectivity index is 1.76. The summed E-state index contributed by atoms with van der Waals surface area (Å²) in [6.07, 6.45) is 2.32. The number of piperidine rings is 1. The standard InChI is InChI=1S/C14H20N4/c1-10(15)11-6-8-18(9-7-11)14-16-12-4-2-3-5-13(12)17-14/h2-5,10-11H,6-9,15H2,1H3,(H,16,17). The van der Waals surface area contributed by atoms with E-state index in [2.05, 4.69) is 27.9 Å². The van der Waals surface area contributed by atoms with E-state index >= 15 is 0 Å². The lowest BCUT2D eigenvalue weighted by atomic mass is 9.91. The van der Waals surface area contributed by atoms with Crippen molar-refractivity contribution in [1.29, 1.82) is 0 Å². The number of aromatic nitrogens is 2. The predicted molar refractivity (Wildman–Crippen MR) is 74.7 cm³/mol. The van der Waals surface area contributed by atoms with E-state index in [1.807, 2.05) is 18.2 Å². The fourth-order valence-corrected chi connectivity index (χ4v) is 2.73. The normalized spacial score (nSPS) is 19.3. The Morgan fingerprint density at radius 2 is 2.06 bits per heavy atom. The Labute approximate surface area is 107 Å². The number of rotatable bonds is 2. The molecule has 4 heteroatoms. The van der Waals surface area contributed by atoms with Gasteiger partial charge in [0.05, 0.1) is 11.0 Å². The molecule has 96 valence electrons. The van der Waals surface area contributed by atoms with E-state index in [1.165, 1.54) is 0 Å². The summed E-state index contributed by atoms with van der Waals surface area (Å²) in [7, 11) is 0. The molecule has 0 aliphatic carbocycles. The molecule has 0 bridgehead atoms. The number of hydrogen-bond donors (Lipinski definition) is 2. The number of aromatic amines is 1. The van der Waals surface area contributed by atoms with Crippen molar-refractivity contribution in [2.24, 2.45) is 11.7 Å². The van der Waals surface area contributed by atoms with Crippen molar-refractivity contribution in [3.05, 3.63) is 24.3 Å². The average molecular weight is 244 g/mol. The van der Waals surface area contributed by atoms with Gasteiger partial charge in [0, 0.05) is 19.1 Å². The highest BCUT2D eigenvalue weighted by molar-refractivity contribution is 5.77. The van der Waals surface area contributed by atoms with Crippen molar-refractivity contribution in [2.75, 3.05) is 18.0 Å².